The van der Waals surface area contributed by atoms with Crippen LogP contribution >= 0.6 is 11.8 Å². The van der Waals surface area contributed by atoms with Crippen molar-refractivity contribution >= 4 is 41.7 Å². The summed E-state index contributed by atoms with van der Waals surface area (Å²) in [5.41, 5.74) is 4.35. The molecule has 24 nitrogen and oxygen atoms in total. The number of carbonyl (C=O) groups excluding carboxylic acids is 4. The number of hydrogen-bond donors (Lipinski definition) is 6. The molecule has 2 aromatic rings. The van der Waals surface area contributed by atoms with Gasteiger partial charge in [-0.2, -0.15) is 11.8 Å². The second kappa shape index (κ2) is 44.7. The van der Waals surface area contributed by atoms with Crippen molar-refractivity contribution in [3.05, 3.63) is 59.7 Å². The number of unbranched alkanes of at least 4 members (excludes halogenated alkanes) is 2. The number of aliphatic carboxylic acids is 1. The minimum Gasteiger partial charge on any atom is -0.480 e. The van der Waals surface area contributed by atoms with Crippen molar-refractivity contribution in [2.75, 3.05) is 184 Å². The zero-order valence-electron chi connectivity index (χ0n) is 48.2. The highest BCUT2D eigenvalue weighted by Gasteiger charge is 2.42. The fraction of sp³-hybridized carbons (Fsp3) is 0.707. The number of thioether (sulfide) groups is 1. The van der Waals surface area contributed by atoms with E-state index in [1.54, 1.807) is 0 Å². The van der Waals surface area contributed by atoms with Gasteiger partial charge in [-0.1, -0.05) is 55.0 Å². The second-order valence-corrected chi connectivity index (χ2v) is 20.8. The first kappa shape index (κ1) is 69.0. The number of carboxylic acid groups (broad SMARTS) is 1. The van der Waals surface area contributed by atoms with Crippen LogP contribution in [0.5, 0.6) is 0 Å². The van der Waals surface area contributed by atoms with Gasteiger partial charge in [0.1, 0.15) is 12.6 Å². The molecule has 5 amide bonds. The molecule has 0 spiro atoms. The molecular formula is C58H91N5O19S. The summed E-state index contributed by atoms with van der Waals surface area (Å²) < 4.78 is 71.7. The van der Waals surface area contributed by atoms with E-state index in [0.29, 0.717) is 190 Å². The number of ether oxygens (including phenoxy) is 13. The van der Waals surface area contributed by atoms with E-state index in [4.69, 9.17) is 61.6 Å². The number of fused-ring (bicyclic) bond motifs is 4. The van der Waals surface area contributed by atoms with Gasteiger partial charge >= 0.3 is 18.1 Å². The molecule has 0 aromatic heterocycles. The van der Waals surface area contributed by atoms with E-state index in [0.717, 1.165) is 47.3 Å². The Labute approximate surface area is 492 Å². The number of urea groups is 1. The Balaban J connectivity index is 0.647. The van der Waals surface area contributed by atoms with E-state index < -0.39 is 18.1 Å². The lowest BCUT2D eigenvalue weighted by Crippen LogP contribution is -2.41. The molecule has 5 rings (SSSR count). The molecule has 25 heteroatoms. The van der Waals surface area contributed by atoms with Gasteiger partial charge in [-0.05, 0) is 54.4 Å². The van der Waals surface area contributed by atoms with Crippen LogP contribution in [0, 0.1) is 0 Å². The van der Waals surface area contributed by atoms with Crippen molar-refractivity contribution in [3.63, 3.8) is 0 Å². The number of nitrogens with one attached hydrogen (secondary N) is 5. The summed E-state index contributed by atoms with van der Waals surface area (Å²) in [4.78, 5) is 60.3. The van der Waals surface area contributed by atoms with Crippen LogP contribution in [0.25, 0.3) is 11.1 Å². The van der Waals surface area contributed by atoms with Gasteiger partial charge in [0.2, 0.25) is 11.8 Å². The van der Waals surface area contributed by atoms with Crippen LogP contribution < -0.4 is 26.6 Å². The summed E-state index contributed by atoms with van der Waals surface area (Å²) >= 11 is 1.90. The normalized spacial score (nSPS) is 16.4. The molecule has 2 heterocycles. The van der Waals surface area contributed by atoms with E-state index in [9.17, 15) is 29.1 Å². The lowest BCUT2D eigenvalue weighted by Gasteiger charge is -2.17. The van der Waals surface area contributed by atoms with Crippen LogP contribution in [0.15, 0.2) is 48.5 Å². The zero-order chi connectivity index (χ0) is 58.6. The lowest BCUT2D eigenvalue weighted by atomic mass is 9.98. The Morgan fingerprint density at radius 1 is 0.518 bits per heavy atom. The predicted molar refractivity (Wildman–Crippen MR) is 308 cm³/mol. The van der Waals surface area contributed by atoms with Gasteiger partial charge in [0, 0.05) is 42.9 Å². The number of alkyl carbamates (subject to hydrolysis) is 1. The van der Waals surface area contributed by atoms with Crippen LogP contribution in [0.3, 0.4) is 0 Å². The quantitative estimate of drug-likeness (QED) is 0.0407. The number of carboxylic acids is 1. The van der Waals surface area contributed by atoms with E-state index in [-0.39, 0.29) is 61.9 Å². The third-order valence-electron chi connectivity index (χ3n) is 13.4. The van der Waals surface area contributed by atoms with Crippen LogP contribution in [0.1, 0.15) is 68.4 Å². The molecule has 1 aliphatic carbocycles. The molecule has 2 fully saturated rings. The molecule has 6 N–H and O–H groups in total. The Morgan fingerprint density at radius 3 is 1.43 bits per heavy atom. The Bertz CT molecular complexity index is 2060. The van der Waals surface area contributed by atoms with Crippen LogP contribution in [0.4, 0.5) is 9.59 Å². The highest BCUT2D eigenvalue weighted by molar-refractivity contribution is 8.00. The maximum absolute atomic E-state index is 12.6. The van der Waals surface area contributed by atoms with Crippen molar-refractivity contribution in [1.82, 2.24) is 26.6 Å². The summed E-state index contributed by atoms with van der Waals surface area (Å²) in [5, 5.41) is 24.2. The second-order valence-electron chi connectivity index (χ2n) is 19.5. The van der Waals surface area contributed by atoms with E-state index in [1.165, 1.54) is 0 Å². The van der Waals surface area contributed by atoms with Crippen molar-refractivity contribution in [2.24, 2.45) is 0 Å². The highest BCUT2D eigenvalue weighted by atomic mass is 32.2. The number of amides is 5. The van der Waals surface area contributed by atoms with Crippen LogP contribution in [-0.2, 0) is 76.0 Å². The minimum atomic E-state index is -1.15. The molecule has 0 radical (unpaired) electrons. The number of rotatable bonds is 53. The fourth-order valence-corrected chi connectivity index (χ4v) is 10.7. The van der Waals surface area contributed by atoms with E-state index in [1.807, 2.05) is 60.3 Å². The zero-order valence-corrected chi connectivity index (χ0v) is 49.0. The predicted octanol–water partition coefficient (Wildman–Crippen LogP) is 3.70. The van der Waals surface area contributed by atoms with Gasteiger partial charge in [-0.15, -0.1) is 0 Å². The third kappa shape index (κ3) is 30.3. The monoisotopic (exact) mass is 1190 g/mol. The standard InChI is InChI=1S/C58H91N5O19S/c64-53(15-6-5-14-52-55-51(44-83-52)61-57(68)63-55)60-18-20-71-22-24-73-26-28-75-30-32-77-34-36-79-38-40-81-42-41-80-39-37-78-35-33-76-31-29-74-27-25-72-23-21-70-19-16-54(65)59-17-8-7-13-50(56(66)67)62-58(69)82-43-49-47-11-3-1-9-45(47)46-10-2-4-12-48(46)49/h1-4,9-12,49-52,55H,5-8,13-44H2,(H,59,65)(H,60,64)(H,62,69)(H,66,67)(H2,61,63,68)/t50?,51-,52-,55-/m0/s1. The summed E-state index contributed by atoms with van der Waals surface area (Å²) in [5.74, 6) is -0.460. The highest BCUT2D eigenvalue weighted by Crippen LogP contribution is 2.44. The van der Waals surface area contributed by atoms with Crippen molar-refractivity contribution in [3.8, 4) is 11.1 Å². The SMILES string of the molecule is O=C(CCCC[C@@H]1SC[C@@H]2NC(=O)N[C@@H]21)NCCOCCOCCOCCOCCOCCOCCOCCOCCOCCOCCOCCOCCC(=O)NCCCCC(NC(=O)OCC1c2ccccc2-c2ccccc21)C(=O)O. The van der Waals surface area contributed by atoms with Crippen molar-refractivity contribution in [2.45, 2.75) is 80.7 Å². The summed E-state index contributed by atoms with van der Waals surface area (Å²) in [6.45, 7) is 11.4. The first-order valence-corrected chi connectivity index (χ1v) is 30.3. The molecule has 3 aliphatic rings. The Morgan fingerprint density at radius 2 is 0.952 bits per heavy atom. The molecule has 83 heavy (non-hydrogen) atoms. The largest absolute Gasteiger partial charge is 0.480 e. The number of hydrogen-bond acceptors (Lipinski definition) is 19. The molecule has 2 aromatic carbocycles. The topological polar surface area (TPSA) is 286 Å². The molecule has 0 saturated carbocycles. The van der Waals surface area contributed by atoms with Crippen molar-refractivity contribution in [1.29, 1.82) is 0 Å². The molecule has 2 aliphatic heterocycles. The summed E-state index contributed by atoms with van der Waals surface area (Å²) in [6.07, 6.45) is 3.92. The molecule has 4 atom stereocenters. The third-order valence-corrected chi connectivity index (χ3v) is 14.9. The maximum atomic E-state index is 12.6. The molecule has 468 valence electrons. The molecular weight excluding hydrogens is 1100 g/mol. The number of carbonyl (C=O) groups is 5. The van der Waals surface area contributed by atoms with Crippen LogP contribution in [0.2, 0.25) is 0 Å². The lowest BCUT2D eigenvalue weighted by molar-refractivity contribution is -0.139. The van der Waals surface area contributed by atoms with Gasteiger partial charge in [0.05, 0.1) is 171 Å². The Kier molecular flexibility index (Phi) is 37.2. The molecule has 1 unspecified atom stereocenters. The smallest absolute Gasteiger partial charge is 0.407 e. The molecule has 0 bridgehead atoms. The maximum Gasteiger partial charge on any atom is 0.407 e. The van der Waals surface area contributed by atoms with Gasteiger partial charge in [-0.3, -0.25) is 9.59 Å². The molecule has 2 saturated heterocycles. The average molecular weight is 1190 g/mol. The van der Waals surface area contributed by atoms with Gasteiger partial charge < -0.3 is 93.3 Å². The average Bonchev–Trinajstić information content (AvgIpc) is 3.45. The Hall–Kier alpha value is -4.74. The number of benzene rings is 2. The van der Waals surface area contributed by atoms with Gasteiger partial charge in [0.15, 0.2) is 0 Å². The minimum absolute atomic E-state index is 0.0329. The summed E-state index contributed by atoms with van der Waals surface area (Å²) in [7, 11) is 0. The van der Waals surface area contributed by atoms with Gasteiger partial charge in [0.25, 0.3) is 0 Å². The van der Waals surface area contributed by atoms with E-state index >= 15 is 0 Å². The first-order chi connectivity index (χ1) is 40.8. The van der Waals surface area contributed by atoms with Crippen molar-refractivity contribution < 1.29 is 90.7 Å². The summed E-state index contributed by atoms with van der Waals surface area (Å²) in [6, 6.07) is 15.2. The van der Waals surface area contributed by atoms with Gasteiger partial charge in [-0.25, -0.2) is 14.4 Å². The fourth-order valence-electron chi connectivity index (χ4n) is 9.14. The van der Waals surface area contributed by atoms with Crippen LogP contribution in [-0.4, -0.2) is 242 Å². The van der Waals surface area contributed by atoms with E-state index in [2.05, 4.69) is 26.6 Å². The first-order valence-electron chi connectivity index (χ1n) is 29.3.